The van der Waals surface area contributed by atoms with E-state index < -0.39 is 5.97 Å². The summed E-state index contributed by atoms with van der Waals surface area (Å²) in [6.45, 7) is 2.06. The first kappa shape index (κ1) is 14.9. The summed E-state index contributed by atoms with van der Waals surface area (Å²) in [4.78, 5) is 9.87. The van der Waals surface area contributed by atoms with Crippen LogP contribution in [0.1, 0.15) is 32.6 Å². The fourth-order valence-electron chi connectivity index (χ4n) is 0.526. The number of quaternary nitrogens is 1. The molecule has 0 aliphatic rings. The molecule has 0 aromatic rings. The second-order valence-corrected chi connectivity index (χ2v) is 4.53. The summed E-state index contributed by atoms with van der Waals surface area (Å²) in [7, 11) is 8.50. The lowest BCUT2D eigenvalue weighted by Gasteiger charge is -2.14. The number of carbonyl (C=O) groups is 1. The Bertz CT molecular complexity index is 121. The molecule has 0 saturated carbocycles. The molecule has 0 saturated heterocycles. The Morgan fingerprint density at radius 1 is 1.15 bits per heavy atom. The summed E-state index contributed by atoms with van der Waals surface area (Å²) in [5, 5.41) is 8.14. The van der Waals surface area contributed by atoms with Gasteiger partial charge in [0.25, 0.3) is 0 Å². The van der Waals surface area contributed by atoms with Crippen molar-refractivity contribution in [3.8, 4) is 0 Å². The normalized spacial score (nSPS) is 10.2. The maximum absolute atomic E-state index is 9.87. The van der Waals surface area contributed by atoms with Crippen molar-refractivity contribution in [2.24, 2.45) is 0 Å². The maximum atomic E-state index is 9.87. The molecule has 0 aliphatic heterocycles. The third-order valence-corrected chi connectivity index (χ3v) is 0.994. The molecule has 1 N–H and O–H groups in total. The Labute approximate surface area is 82.0 Å². The van der Waals surface area contributed by atoms with Gasteiger partial charge in [-0.05, 0) is 6.42 Å². The van der Waals surface area contributed by atoms with E-state index in [4.69, 9.17) is 5.11 Å². The molecule has 13 heavy (non-hydrogen) atoms. The zero-order valence-corrected chi connectivity index (χ0v) is 9.63. The molecule has 0 aromatic carbocycles. The van der Waals surface area contributed by atoms with Gasteiger partial charge in [0.1, 0.15) is 0 Å². The Morgan fingerprint density at radius 2 is 1.54 bits per heavy atom. The minimum absolute atomic E-state index is 0.327. The van der Waals surface area contributed by atoms with Gasteiger partial charge in [0.2, 0.25) is 0 Å². The standard InChI is InChI=1S/C6H12O2.C4H12N/c1-2-3-4-5-6(7)8;1-5(2,3)4/h2-5H2,1H3,(H,7,8);1-4H3/q;+1. The van der Waals surface area contributed by atoms with Crippen LogP contribution in [0.2, 0.25) is 0 Å². The van der Waals surface area contributed by atoms with Gasteiger partial charge in [0, 0.05) is 6.42 Å². The Hall–Kier alpha value is -0.570. The summed E-state index contributed by atoms with van der Waals surface area (Å²) < 4.78 is 1.00. The lowest BCUT2D eigenvalue weighted by Crippen LogP contribution is -2.27. The van der Waals surface area contributed by atoms with Gasteiger partial charge in [-0.25, -0.2) is 0 Å². The van der Waals surface area contributed by atoms with Crippen molar-refractivity contribution in [3.05, 3.63) is 0 Å². The molecule has 0 radical (unpaired) electrons. The zero-order chi connectivity index (χ0) is 10.9. The third kappa shape index (κ3) is 51.8. The maximum Gasteiger partial charge on any atom is 0.303 e. The molecule has 80 valence electrons. The molecule has 0 unspecified atom stereocenters. The second-order valence-electron chi connectivity index (χ2n) is 4.53. The number of hydrogen-bond acceptors (Lipinski definition) is 1. The minimum atomic E-state index is -0.682. The molecule has 0 aromatic heterocycles. The first-order chi connectivity index (χ1) is 5.77. The Morgan fingerprint density at radius 3 is 1.77 bits per heavy atom. The van der Waals surface area contributed by atoms with Crippen molar-refractivity contribution in [2.45, 2.75) is 32.6 Å². The van der Waals surface area contributed by atoms with Crippen LogP contribution in [-0.4, -0.2) is 43.7 Å². The highest BCUT2D eigenvalue weighted by molar-refractivity contribution is 5.66. The van der Waals surface area contributed by atoms with Gasteiger partial charge < -0.3 is 9.59 Å². The van der Waals surface area contributed by atoms with Gasteiger partial charge >= 0.3 is 5.97 Å². The second kappa shape index (κ2) is 8.05. The number of hydrogen-bond donors (Lipinski definition) is 1. The average Bonchev–Trinajstić information content (AvgIpc) is 1.83. The highest BCUT2D eigenvalue weighted by atomic mass is 16.4. The van der Waals surface area contributed by atoms with E-state index in [-0.39, 0.29) is 0 Å². The fraction of sp³-hybridized carbons (Fsp3) is 0.900. The van der Waals surface area contributed by atoms with E-state index in [1.807, 2.05) is 0 Å². The van der Waals surface area contributed by atoms with Crippen LogP contribution in [0.4, 0.5) is 0 Å². The number of carboxylic acids is 1. The zero-order valence-electron chi connectivity index (χ0n) is 9.63. The molecule has 0 atom stereocenters. The molecular formula is C10H24NO2+. The quantitative estimate of drug-likeness (QED) is 0.543. The van der Waals surface area contributed by atoms with E-state index in [9.17, 15) is 4.79 Å². The lowest BCUT2D eigenvalue weighted by molar-refractivity contribution is -0.849. The van der Waals surface area contributed by atoms with Gasteiger partial charge in [-0.15, -0.1) is 0 Å². The van der Waals surface area contributed by atoms with Crippen molar-refractivity contribution < 1.29 is 14.4 Å². The number of unbranched alkanes of at least 4 members (excludes halogenated alkanes) is 2. The molecule has 0 amide bonds. The molecule has 0 aliphatic carbocycles. The number of aliphatic carboxylic acids is 1. The number of carboxylic acid groups (broad SMARTS) is 1. The van der Waals surface area contributed by atoms with Gasteiger partial charge in [-0.1, -0.05) is 19.8 Å². The fourth-order valence-corrected chi connectivity index (χ4v) is 0.526. The van der Waals surface area contributed by atoms with E-state index in [0.29, 0.717) is 6.42 Å². The summed E-state index contributed by atoms with van der Waals surface area (Å²) in [5.41, 5.74) is 0. The average molecular weight is 190 g/mol. The number of nitrogens with zero attached hydrogens (tertiary/aromatic N) is 1. The first-order valence-corrected chi connectivity index (χ1v) is 4.78. The van der Waals surface area contributed by atoms with Gasteiger partial charge in [-0.2, -0.15) is 0 Å². The van der Waals surface area contributed by atoms with Crippen LogP contribution < -0.4 is 0 Å². The summed E-state index contributed by atoms with van der Waals surface area (Å²) in [6.07, 6.45) is 3.28. The van der Waals surface area contributed by atoms with E-state index in [2.05, 4.69) is 35.1 Å². The van der Waals surface area contributed by atoms with Gasteiger partial charge in [0.15, 0.2) is 0 Å². The van der Waals surface area contributed by atoms with Crippen LogP contribution in [0.15, 0.2) is 0 Å². The molecule has 0 spiro atoms. The highest BCUT2D eigenvalue weighted by Gasteiger charge is 1.92. The van der Waals surface area contributed by atoms with Crippen LogP contribution in [0, 0.1) is 0 Å². The van der Waals surface area contributed by atoms with Crippen LogP contribution in [0.5, 0.6) is 0 Å². The molecule has 0 rings (SSSR count). The SMILES string of the molecule is CCCCCC(=O)O.C[N+](C)(C)C. The Balaban J connectivity index is 0. The third-order valence-electron chi connectivity index (χ3n) is 0.994. The van der Waals surface area contributed by atoms with Crippen molar-refractivity contribution in [3.63, 3.8) is 0 Å². The van der Waals surface area contributed by atoms with Crippen molar-refractivity contribution in [2.75, 3.05) is 28.2 Å². The van der Waals surface area contributed by atoms with E-state index in [0.717, 1.165) is 23.7 Å². The molecular weight excluding hydrogens is 166 g/mol. The molecule has 0 bridgehead atoms. The van der Waals surface area contributed by atoms with Crippen molar-refractivity contribution >= 4 is 5.97 Å². The molecule has 3 heteroatoms. The van der Waals surface area contributed by atoms with Crippen LogP contribution in [0.3, 0.4) is 0 Å². The predicted octanol–water partition coefficient (Wildman–Crippen LogP) is 1.97. The van der Waals surface area contributed by atoms with Crippen LogP contribution >= 0.6 is 0 Å². The lowest BCUT2D eigenvalue weighted by atomic mass is 10.2. The van der Waals surface area contributed by atoms with E-state index in [1.165, 1.54) is 0 Å². The van der Waals surface area contributed by atoms with Gasteiger partial charge in [0.05, 0.1) is 28.2 Å². The van der Waals surface area contributed by atoms with Gasteiger partial charge in [-0.3, -0.25) is 4.79 Å². The predicted molar refractivity (Wildman–Crippen MR) is 55.7 cm³/mol. The summed E-state index contributed by atoms with van der Waals surface area (Å²) in [6, 6.07) is 0. The van der Waals surface area contributed by atoms with Crippen LogP contribution in [0.25, 0.3) is 0 Å². The first-order valence-electron chi connectivity index (χ1n) is 4.78. The smallest absolute Gasteiger partial charge is 0.303 e. The topological polar surface area (TPSA) is 37.3 Å². The highest BCUT2D eigenvalue weighted by Crippen LogP contribution is 1.97. The van der Waals surface area contributed by atoms with E-state index >= 15 is 0 Å². The van der Waals surface area contributed by atoms with E-state index in [1.54, 1.807) is 0 Å². The van der Waals surface area contributed by atoms with Crippen molar-refractivity contribution in [1.82, 2.24) is 0 Å². The molecule has 0 fully saturated rings. The number of rotatable bonds is 4. The minimum Gasteiger partial charge on any atom is -0.481 e. The van der Waals surface area contributed by atoms with Crippen LogP contribution in [-0.2, 0) is 4.79 Å². The largest absolute Gasteiger partial charge is 0.481 e. The molecule has 3 nitrogen and oxygen atoms in total. The van der Waals surface area contributed by atoms with Crippen molar-refractivity contribution in [1.29, 1.82) is 0 Å². The monoisotopic (exact) mass is 190 g/mol. The Kier molecular flexibility index (Phi) is 9.24. The molecule has 0 heterocycles. The summed E-state index contributed by atoms with van der Waals surface area (Å²) in [5.74, 6) is -0.682. The summed E-state index contributed by atoms with van der Waals surface area (Å²) >= 11 is 0.